The van der Waals surface area contributed by atoms with Crippen LogP contribution in [-0.4, -0.2) is 12.1 Å². The maximum absolute atomic E-state index is 11.8. The molecule has 21 heavy (non-hydrogen) atoms. The number of cyclic esters (lactones) is 1. The monoisotopic (exact) mass is 286 g/mol. The molecule has 1 heterocycles. The van der Waals surface area contributed by atoms with Gasteiger partial charge < -0.3 is 4.74 Å². The van der Waals surface area contributed by atoms with E-state index >= 15 is 0 Å². The van der Waals surface area contributed by atoms with Gasteiger partial charge in [-0.2, -0.15) is 0 Å². The van der Waals surface area contributed by atoms with Crippen LogP contribution >= 0.6 is 0 Å². The molecule has 114 valence electrons. The molecule has 0 saturated carbocycles. The van der Waals surface area contributed by atoms with Crippen LogP contribution in [0.5, 0.6) is 0 Å². The summed E-state index contributed by atoms with van der Waals surface area (Å²) in [5.74, 6) is 0.355. The van der Waals surface area contributed by atoms with Crippen LogP contribution in [0.1, 0.15) is 39.2 Å². The van der Waals surface area contributed by atoms with Gasteiger partial charge in [0.1, 0.15) is 6.10 Å². The van der Waals surface area contributed by atoms with Gasteiger partial charge in [-0.25, -0.2) is 0 Å². The summed E-state index contributed by atoms with van der Waals surface area (Å²) in [4.78, 5) is 11.8. The number of rotatable bonds is 7. The summed E-state index contributed by atoms with van der Waals surface area (Å²) in [5, 5.41) is 0. The highest BCUT2D eigenvalue weighted by molar-refractivity contribution is 5.78. The number of hydrogen-bond acceptors (Lipinski definition) is 2. The third-order valence-electron chi connectivity index (χ3n) is 4.51. The molecular weight excluding hydrogens is 260 g/mol. The van der Waals surface area contributed by atoms with Crippen molar-refractivity contribution in [3.05, 3.63) is 48.6 Å². The Morgan fingerprint density at radius 3 is 2.57 bits per heavy atom. The Labute approximate surface area is 128 Å². The van der Waals surface area contributed by atoms with Crippen molar-refractivity contribution in [3.8, 4) is 0 Å². The Bertz CT molecular complexity index is 490. The number of ether oxygens (including phenoxy) is 1. The number of allylic oxidation sites excluding steroid dienone is 1. The van der Waals surface area contributed by atoms with E-state index in [9.17, 15) is 4.79 Å². The smallest absolute Gasteiger partial charge is 0.313 e. The Hall–Kier alpha value is -1.57. The first-order chi connectivity index (χ1) is 9.93. The average Bonchev–Trinajstić information content (AvgIpc) is 2.43. The first-order valence-electron chi connectivity index (χ1n) is 7.81. The van der Waals surface area contributed by atoms with Crippen LogP contribution in [0.2, 0.25) is 0 Å². The Morgan fingerprint density at radius 1 is 1.33 bits per heavy atom. The normalized spacial score (nSPS) is 23.1. The number of carbonyl (C=O) groups excluding carboxylic acids is 1. The van der Waals surface area contributed by atoms with Gasteiger partial charge in [-0.05, 0) is 36.2 Å². The van der Waals surface area contributed by atoms with E-state index in [-0.39, 0.29) is 23.4 Å². The molecule has 3 atom stereocenters. The van der Waals surface area contributed by atoms with Gasteiger partial charge in [-0.1, -0.05) is 57.2 Å². The zero-order valence-electron chi connectivity index (χ0n) is 13.3. The van der Waals surface area contributed by atoms with Gasteiger partial charge in [-0.15, -0.1) is 6.58 Å². The molecule has 0 aromatic heterocycles. The average molecular weight is 286 g/mol. The van der Waals surface area contributed by atoms with E-state index in [0.717, 1.165) is 19.3 Å². The number of carbonyl (C=O) groups is 1. The fourth-order valence-corrected chi connectivity index (χ4v) is 3.21. The molecule has 0 spiro atoms. The minimum atomic E-state index is -0.0274. The molecule has 1 aromatic carbocycles. The van der Waals surface area contributed by atoms with Crippen molar-refractivity contribution in [2.75, 3.05) is 0 Å². The molecular formula is C19H26O2. The highest BCUT2D eigenvalue weighted by atomic mass is 16.6. The first-order valence-corrected chi connectivity index (χ1v) is 7.81. The minimum Gasteiger partial charge on any atom is -0.461 e. The molecule has 1 aliphatic rings. The van der Waals surface area contributed by atoms with Crippen LogP contribution in [0, 0.1) is 17.3 Å². The Morgan fingerprint density at radius 2 is 2.00 bits per heavy atom. The molecule has 2 nitrogen and oxygen atoms in total. The SMILES string of the molecule is C=CC(C)(C)C[C@@H](C)C1C(=O)O[C@@H]1CCc1ccccc1. The highest BCUT2D eigenvalue weighted by Crippen LogP contribution is 2.38. The zero-order chi connectivity index (χ0) is 15.5. The van der Waals surface area contributed by atoms with Crippen LogP contribution in [0.25, 0.3) is 0 Å². The van der Waals surface area contributed by atoms with Crippen molar-refractivity contribution >= 4 is 5.97 Å². The predicted molar refractivity (Wildman–Crippen MR) is 85.9 cm³/mol. The zero-order valence-corrected chi connectivity index (χ0v) is 13.3. The molecule has 0 amide bonds. The first kappa shape index (κ1) is 15.8. The molecule has 1 fully saturated rings. The molecule has 1 saturated heterocycles. The van der Waals surface area contributed by atoms with E-state index in [2.05, 4.69) is 51.6 Å². The maximum Gasteiger partial charge on any atom is 0.313 e. The van der Waals surface area contributed by atoms with E-state index in [4.69, 9.17) is 4.74 Å². The predicted octanol–water partition coefficient (Wildman–Crippen LogP) is 4.40. The molecule has 0 aliphatic carbocycles. The molecule has 1 unspecified atom stereocenters. The van der Waals surface area contributed by atoms with Gasteiger partial charge >= 0.3 is 5.97 Å². The lowest BCUT2D eigenvalue weighted by Crippen LogP contribution is -2.49. The van der Waals surface area contributed by atoms with Crippen molar-refractivity contribution in [1.82, 2.24) is 0 Å². The summed E-state index contributed by atoms with van der Waals surface area (Å²) in [7, 11) is 0. The number of esters is 1. The number of aryl methyl sites for hydroxylation is 1. The molecule has 1 aromatic rings. The maximum atomic E-state index is 11.8. The second-order valence-corrected chi connectivity index (χ2v) is 6.90. The summed E-state index contributed by atoms with van der Waals surface area (Å²) in [6.45, 7) is 10.4. The van der Waals surface area contributed by atoms with Crippen molar-refractivity contribution in [1.29, 1.82) is 0 Å². The van der Waals surface area contributed by atoms with Crippen LogP contribution in [0.3, 0.4) is 0 Å². The van der Waals surface area contributed by atoms with Crippen LogP contribution in [0.4, 0.5) is 0 Å². The van der Waals surface area contributed by atoms with E-state index in [1.807, 2.05) is 12.1 Å². The van der Waals surface area contributed by atoms with Crippen LogP contribution in [0.15, 0.2) is 43.0 Å². The van der Waals surface area contributed by atoms with Crippen molar-refractivity contribution in [3.63, 3.8) is 0 Å². The lowest BCUT2D eigenvalue weighted by Gasteiger charge is -2.40. The van der Waals surface area contributed by atoms with Gasteiger partial charge in [0, 0.05) is 0 Å². The largest absolute Gasteiger partial charge is 0.461 e. The fourth-order valence-electron chi connectivity index (χ4n) is 3.21. The second kappa shape index (κ2) is 6.46. The van der Waals surface area contributed by atoms with Gasteiger partial charge in [0.2, 0.25) is 0 Å². The summed E-state index contributed by atoms with van der Waals surface area (Å²) in [6.07, 6.45) is 4.91. The lowest BCUT2D eigenvalue weighted by atomic mass is 9.74. The van der Waals surface area contributed by atoms with E-state index in [0.29, 0.717) is 5.92 Å². The van der Waals surface area contributed by atoms with Crippen LogP contribution < -0.4 is 0 Å². The summed E-state index contributed by atoms with van der Waals surface area (Å²) < 4.78 is 5.38. The summed E-state index contributed by atoms with van der Waals surface area (Å²) >= 11 is 0. The second-order valence-electron chi connectivity index (χ2n) is 6.90. The lowest BCUT2D eigenvalue weighted by molar-refractivity contribution is -0.191. The molecule has 0 radical (unpaired) electrons. The molecule has 0 bridgehead atoms. The fraction of sp³-hybridized carbons (Fsp3) is 0.526. The molecule has 2 rings (SSSR count). The van der Waals surface area contributed by atoms with E-state index < -0.39 is 0 Å². The van der Waals surface area contributed by atoms with Crippen molar-refractivity contribution in [2.45, 2.75) is 46.1 Å². The minimum absolute atomic E-state index is 0.0274. The summed E-state index contributed by atoms with van der Waals surface area (Å²) in [5.41, 5.74) is 1.37. The Kier molecular flexibility index (Phi) is 4.87. The van der Waals surface area contributed by atoms with Gasteiger partial charge in [0.25, 0.3) is 0 Å². The topological polar surface area (TPSA) is 26.3 Å². The number of benzene rings is 1. The quantitative estimate of drug-likeness (QED) is 0.548. The number of hydrogen-bond donors (Lipinski definition) is 0. The molecule has 0 N–H and O–H groups in total. The van der Waals surface area contributed by atoms with Crippen molar-refractivity contribution < 1.29 is 9.53 Å². The highest BCUT2D eigenvalue weighted by Gasteiger charge is 2.46. The van der Waals surface area contributed by atoms with E-state index in [1.165, 1.54) is 5.56 Å². The van der Waals surface area contributed by atoms with Crippen LogP contribution in [-0.2, 0) is 16.0 Å². The van der Waals surface area contributed by atoms with Crippen molar-refractivity contribution in [2.24, 2.45) is 17.3 Å². The van der Waals surface area contributed by atoms with Gasteiger partial charge in [-0.3, -0.25) is 4.79 Å². The molecule has 2 heteroatoms. The Balaban J connectivity index is 1.90. The van der Waals surface area contributed by atoms with Gasteiger partial charge in [0.15, 0.2) is 0 Å². The third kappa shape index (κ3) is 3.96. The summed E-state index contributed by atoms with van der Waals surface area (Å²) in [6, 6.07) is 10.4. The molecule has 1 aliphatic heterocycles. The third-order valence-corrected chi connectivity index (χ3v) is 4.51. The standard InChI is InChI=1S/C19H26O2/c1-5-19(3,4)13-14(2)17-16(21-18(17)20)12-11-15-9-7-6-8-10-15/h5-10,14,16-17H,1,11-13H2,2-4H3/t14-,16-,17?/m1/s1. The van der Waals surface area contributed by atoms with E-state index in [1.54, 1.807) is 0 Å². The van der Waals surface area contributed by atoms with Gasteiger partial charge in [0.05, 0.1) is 5.92 Å².